The summed E-state index contributed by atoms with van der Waals surface area (Å²) in [7, 11) is 0. The molecule has 2 atom stereocenters. The number of rotatable bonds is 13. The van der Waals surface area contributed by atoms with E-state index >= 15 is 0 Å². The average molecular weight is 2640 g/mol. The number of ether oxygens (including phenoxy) is 4. The van der Waals surface area contributed by atoms with E-state index in [4.69, 9.17) is 38.9 Å². The number of benzene rings is 12. The zero-order valence-electron chi connectivity index (χ0n) is 80.5. The summed E-state index contributed by atoms with van der Waals surface area (Å²) in [5, 5.41) is 15.6. The zero-order valence-corrected chi connectivity index (χ0v) is 90.9. The van der Waals surface area contributed by atoms with E-state index in [2.05, 4.69) is 262 Å². The first-order chi connectivity index (χ1) is 69.5. The Kier molecular flexibility index (Phi) is 30.4. The molecule has 0 bridgehead atoms. The molecule has 4 saturated heterocycles. The van der Waals surface area contributed by atoms with Crippen LogP contribution in [0, 0.1) is 30.2 Å². The molecule has 12 aromatic carbocycles. The van der Waals surface area contributed by atoms with Crippen LogP contribution in [-0.2, 0) is 125 Å². The first-order valence-corrected chi connectivity index (χ1v) is 51.2. The number of hydrogen-bond acceptors (Lipinski definition) is 13. The number of nitrogens with zero attached hydrogens (tertiary/aromatic N) is 8. The molecular weight excluding hydrogens is 2530 g/mol. The van der Waals surface area contributed by atoms with Crippen LogP contribution in [0.2, 0.25) is 0 Å². The van der Waals surface area contributed by atoms with E-state index in [-0.39, 0.29) is 92.4 Å². The normalized spacial score (nSPS) is 16.7. The van der Waals surface area contributed by atoms with Gasteiger partial charge in [-0.15, -0.1) is 130 Å². The van der Waals surface area contributed by atoms with Crippen LogP contribution in [0.1, 0.15) is 191 Å². The van der Waals surface area contributed by atoms with E-state index in [9.17, 15) is 19.2 Å². The molecular formula is C124H106Ir4N8O8S-4. The Morgan fingerprint density at radius 3 is 0.966 bits per heavy atom. The van der Waals surface area contributed by atoms with Crippen molar-refractivity contribution >= 4 is 144 Å². The van der Waals surface area contributed by atoms with Crippen LogP contribution < -0.4 is 0 Å². The minimum atomic E-state index is -0.396. The molecule has 21 aromatic rings. The molecule has 0 N–H and O–H groups in total. The van der Waals surface area contributed by atoms with E-state index in [1.807, 2.05) is 79.1 Å². The van der Waals surface area contributed by atoms with Gasteiger partial charge >= 0.3 is 11.9 Å². The Hall–Kier alpha value is -12.0. The van der Waals surface area contributed by atoms with Gasteiger partial charge in [-0.1, -0.05) is 187 Å². The third kappa shape index (κ3) is 18.7. The molecule has 0 amide bonds. The van der Waals surface area contributed by atoms with Gasteiger partial charge in [-0.2, -0.15) is 0 Å². The molecule has 16 nitrogen and oxygen atoms in total. The SMILES string of the molecule is CC(C)Cc1cccc(-c2cccs2)c1-c1cnc2c3[c-]cccc3c3ccccc3n12.O=C1CCC(c2cccc(C3CCC(=O)CC3)c2-c2cnc3c4[c-]cccc4c4ccccc4n23)CC1.O=C1OCCCC1c1cccc(C2CCCOC2=O)c1-c1cnc2c3[c-]cccc3c3ccccc3n12.[Ir].[Ir].[Ir].[Ir].[c-]1cccc2c1c1ncc(-c3c(C4CCOCC4)cccc3C3CCOCC3)n1c1ccccc21. The second kappa shape index (κ2) is 43.9. The summed E-state index contributed by atoms with van der Waals surface area (Å²) in [4.78, 5) is 71.3. The number of fused-ring (bicyclic) bond motifs is 24. The average Bonchev–Trinajstić information content (AvgIpc) is 1.62. The minimum Gasteiger partial charge on any atom is -0.465 e. The Bertz CT molecular complexity index is 8340. The van der Waals surface area contributed by atoms with E-state index in [0.717, 1.165) is 202 Å². The molecule has 736 valence electrons. The summed E-state index contributed by atoms with van der Waals surface area (Å²) >= 11 is 1.79. The predicted molar refractivity (Wildman–Crippen MR) is 564 cm³/mol. The first-order valence-electron chi connectivity index (χ1n) is 50.4. The van der Waals surface area contributed by atoms with Crippen molar-refractivity contribution in [1.82, 2.24) is 37.5 Å². The van der Waals surface area contributed by atoms with Crippen molar-refractivity contribution in [1.29, 1.82) is 0 Å². The van der Waals surface area contributed by atoms with E-state index in [1.165, 1.54) is 98.6 Å². The summed E-state index contributed by atoms with van der Waals surface area (Å²) in [6, 6.07) is 103. The molecule has 4 radical (unpaired) electrons. The smallest absolute Gasteiger partial charge is 0.313 e. The number of cyclic esters (lactones) is 2. The summed E-state index contributed by atoms with van der Waals surface area (Å²) in [6.07, 6.45) is 22.6. The molecule has 2 aliphatic carbocycles. The number of esters is 2. The van der Waals surface area contributed by atoms with Crippen LogP contribution in [0.25, 0.3) is 165 Å². The van der Waals surface area contributed by atoms with Gasteiger partial charge < -0.3 is 36.6 Å². The van der Waals surface area contributed by atoms with E-state index in [0.29, 0.717) is 92.9 Å². The molecule has 2 unspecified atom stereocenters. The van der Waals surface area contributed by atoms with Gasteiger partial charge in [0.1, 0.15) is 11.6 Å². The van der Waals surface area contributed by atoms with Crippen molar-refractivity contribution in [3.05, 3.63) is 348 Å². The number of pyridine rings is 4. The van der Waals surface area contributed by atoms with Gasteiger partial charge in [0.25, 0.3) is 0 Å². The van der Waals surface area contributed by atoms with E-state index < -0.39 is 11.8 Å². The Labute approximate surface area is 899 Å². The number of thiophene rings is 1. The fraction of sp³-hybridized carbons (Fsp3) is 0.258. The standard InChI is InChI=1S/C33H29N2O2.C31H25N2O4.C31H29N2O2.C29H23N2S.4Ir/c36-23-16-12-21(13-17-23)25-9-5-10-26(22-14-18-24(37)19-15-22)32(25)31-20-34-33-29-8-2-1-6-27(29)28-7-3-4-11-30(28)35(31)33;34-30-24(13-6-16-36-30)21-11-5-12-22(25-14-7-17-37-31(25)35)28(21)27-18-32-29-23-10-2-1-8-19(23)20-9-3-4-15-26(20)33(27)29;1-2-8-27-25(6-1)26-7-3-4-11-28(26)33-29(20-32-31(27)33)30-23(21-12-16-34-17-13-21)9-5-10-24(30)22-14-18-35-19-15-22;1-19(2)17-20-9-7-13-24(27-15-8-16-32-27)28(20)26-18-30-29-23-12-4-3-10-21(23)22-11-5-6-14-25(22)31(26)29;;;;/h1-7,9-11,20-22H,12-19H2;1-5,8-9,11-12,15,18,24-25H,6-7,13-14,16-17H2;1-7,9-11,20-22H,12-19H2;3-11,13-16,18-19H,17H2,1-2H3;;;;/q4*-1;;;;. The number of ketones is 2. The number of para-hydroxylation sites is 4. The Balaban J connectivity index is 0.000000117. The van der Waals surface area contributed by atoms with Crippen LogP contribution in [0.3, 0.4) is 0 Å². The van der Waals surface area contributed by atoms with Crippen molar-refractivity contribution in [3.8, 4) is 55.5 Å². The van der Waals surface area contributed by atoms with Gasteiger partial charge in [0.2, 0.25) is 0 Å². The maximum atomic E-state index is 13.0. The number of aromatic nitrogens is 8. The van der Waals surface area contributed by atoms with Crippen molar-refractivity contribution < 1.29 is 119 Å². The Morgan fingerprint density at radius 2 is 0.634 bits per heavy atom. The molecule has 0 spiro atoms. The quantitative estimate of drug-likeness (QED) is 0.0608. The molecule has 13 heterocycles. The second-order valence-corrected chi connectivity index (χ2v) is 40.0. The summed E-state index contributed by atoms with van der Waals surface area (Å²) in [5.74, 6) is 1.80. The van der Waals surface area contributed by atoms with Crippen LogP contribution in [-0.4, -0.2) is 101 Å². The van der Waals surface area contributed by atoms with Crippen LogP contribution in [0.15, 0.2) is 285 Å². The van der Waals surface area contributed by atoms with Gasteiger partial charge in [0, 0.05) is 212 Å². The summed E-state index contributed by atoms with van der Waals surface area (Å²) < 4.78 is 31.6. The van der Waals surface area contributed by atoms with Gasteiger partial charge in [-0.3, -0.25) is 39.1 Å². The minimum absolute atomic E-state index is 0. The van der Waals surface area contributed by atoms with Gasteiger partial charge in [0.15, 0.2) is 0 Å². The summed E-state index contributed by atoms with van der Waals surface area (Å²) in [5.41, 5.74) is 27.2. The van der Waals surface area contributed by atoms with Crippen LogP contribution >= 0.6 is 11.3 Å². The van der Waals surface area contributed by atoms with Crippen molar-refractivity contribution in [2.75, 3.05) is 39.6 Å². The fourth-order valence-electron chi connectivity index (χ4n) is 24.0. The monoisotopic (exact) mass is 2640 g/mol. The number of imidazole rings is 4. The van der Waals surface area contributed by atoms with Crippen molar-refractivity contribution in [3.63, 3.8) is 0 Å². The fourth-order valence-corrected chi connectivity index (χ4v) is 24.7. The van der Waals surface area contributed by atoms with Gasteiger partial charge in [-0.25, -0.2) is 0 Å². The third-order valence-corrected chi connectivity index (χ3v) is 31.4. The van der Waals surface area contributed by atoms with Gasteiger partial charge in [-0.05, 0) is 209 Å². The third-order valence-electron chi connectivity index (χ3n) is 30.5. The molecule has 21 heteroatoms. The molecule has 9 aromatic heterocycles. The first kappa shape index (κ1) is 100. The number of carbonyl (C=O) groups excluding carboxylic acids is 4. The molecule has 27 rings (SSSR count). The Morgan fingerprint density at radius 1 is 0.324 bits per heavy atom. The number of hydrogen-bond donors (Lipinski definition) is 0. The van der Waals surface area contributed by atoms with Crippen LogP contribution in [0.4, 0.5) is 0 Å². The summed E-state index contributed by atoms with van der Waals surface area (Å²) in [6.45, 7) is 8.80. The predicted octanol–water partition coefficient (Wildman–Crippen LogP) is 28.4. The number of Topliss-reactive ketones (excluding diaryl/α,β-unsaturated/α-hetero) is 2. The number of carbonyl (C=O) groups is 4. The topological polar surface area (TPSA) is 174 Å². The molecule has 6 fully saturated rings. The van der Waals surface area contributed by atoms with Gasteiger partial charge in [0.05, 0.1) is 70.4 Å². The van der Waals surface area contributed by atoms with Crippen LogP contribution in [0.5, 0.6) is 0 Å². The zero-order chi connectivity index (χ0) is 94.7. The van der Waals surface area contributed by atoms with E-state index in [1.54, 1.807) is 11.3 Å². The molecule has 4 aliphatic heterocycles. The van der Waals surface area contributed by atoms with Crippen molar-refractivity contribution in [2.45, 2.75) is 159 Å². The second-order valence-electron chi connectivity index (χ2n) is 39.1. The molecule has 6 aliphatic rings. The van der Waals surface area contributed by atoms with Crippen molar-refractivity contribution in [2.24, 2.45) is 5.92 Å². The maximum Gasteiger partial charge on any atom is 0.313 e. The maximum absolute atomic E-state index is 13.0. The largest absolute Gasteiger partial charge is 0.465 e. The molecule has 2 saturated carbocycles. The molecule has 145 heavy (non-hydrogen) atoms.